The Bertz CT molecular complexity index is 900. The Labute approximate surface area is 132 Å². The minimum Gasteiger partial charge on any atom is -0.479 e. The van der Waals surface area contributed by atoms with Crippen molar-refractivity contribution in [1.29, 1.82) is 0 Å². The standard InChI is InChI=1S/C18H16O5/c1-4-5-13(19)22-17-15-11(6-7-14(20)21-15)10-12-8-9-18(2,3)23-16(12)17/h4-10H,1-3H3. The van der Waals surface area contributed by atoms with Crippen LogP contribution in [0.4, 0.5) is 0 Å². The highest BCUT2D eigenvalue weighted by molar-refractivity contribution is 5.94. The highest BCUT2D eigenvalue weighted by Crippen LogP contribution is 2.43. The third-order valence-corrected chi connectivity index (χ3v) is 3.38. The van der Waals surface area contributed by atoms with Gasteiger partial charge in [0.15, 0.2) is 11.3 Å². The van der Waals surface area contributed by atoms with Crippen molar-refractivity contribution in [3.05, 3.63) is 52.4 Å². The molecule has 0 N–H and O–H groups in total. The van der Waals surface area contributed by atoms with Crippen LogP contribution in [0.15, 0.2) is 45.6 Å². The first-order valence-corrected chi connectivity index (χ1v) is 7.23. The topological polar surface area (TPSA) is 65.7 Å². The molecule has 0 radical (unpaired) electrons. The molecule has 5 heteroatoms. The number of carbonyl (C=O) groups excluding carboxylic acids is 1. The lowest BCUT2D eigenvalue weighted by atomic mass is 10.0. The second-order valence-corrected chi connectivity index (χ2v) is 5.76. The molecular weight excluding hydrogens is 296 g/mol. The Balaban J connectivity index is 2.28. The molecule has 23 heavy (non-hydrogen) atoms. The van der Waals surface area contributed by atoms with Gasteiger partial charge >= 0.3 is 11.6 Å². The quantitative estimate of drug-likeness (QED) is 0.368. The van der Waals surface area contributed by atoms with Crippen LogP contribution in [0.1, 0.15) is 26.3 Å². The number of ether oxygens (including phenoxy) is 2. The van der Waals surface area contributed by atoms with Gasteiger partial charge in [-0.2, -0.15) is 0 Å². The van der Waals surface area contributed by atoms with Crippen molar-refractivity contribution in [3.8, 4) is 11.5 Å². The molecule has 118 valence electrons. The molecule has 0 bridgehead atoms. The van der Waals surface area contributed by atoms with Crippen LogP contribution in [0.2, 0.25) is 0 Å². The van der Waals surface area contributed by atoms with E-state index < -0.39 is 17.2 Å². The first-order chi connectivity index (χ1) is 10.9. The lowest BCUT2D eigenvalue weighted by Crippen LogP contribution is -2.28. The van der Waals surface area contributed by atoms with Crippen molar-refractivity contribution >= 4 is 23.0 Å². The van der Waals surface area contributed by atoms with E-state index in [4.69, 9.17) is 13.9 Å². The lowest BCUT2D eigenvalue weighted by Gasteiger charge is -2.29. The molecule has 5 nitrogen and oxygen atoms in total. The first kappa shape index (κ1) is 15.1. The Morgan fingerprint density at radius 1 is 1.30 bits per heavy atom. The van der Waals surface area contributed by atoms with E-state index in [2.05, 4.69) is 0 Å². The molecule has 2 aromatic rings. The van der Waals surface area contributed by atoms with Crippen LogP contribution in [0.3, 0.4) is 0 Å². The molecule has 0 amide bonds. The monoisotopic (exact) mass is 312 g/mol. The fourth-order valence-electron chi connectivity index (χ4n) is 2.37. The number of rotatable bonds is 2. The van der Waals surface area contributed by atoms with Crippen molar-refractivity contribution < 1.29 is 18.7 Å². The summed E-state index contributed by atoms with van der Waals surface area (Å²) in [6.07, 6.45) is 6.67. The van der Waals surface area contributed by atoms with Gasteiger partial charge in [-0.15, -0.1) is 0 Å². The normalized spacial score (nSPS) is 15.4. The van der Waals surface area contributed by atoms with Crippen LogP contribution in [0, 0.1) is 0 Å². The molecule has 3 rings (SSSR count). The summed E-state index contributed by atoms with van der Waals surface area (Å²) in [4.78, 5) is 23.5. The van der Waals surface area contributed by atoms with E-state index in [9.17, 15) is 9.59 Å². The number of benzene rings is 1. The van der Waals surface area contributed by atoms with Crippen LogP contribution >= 0.6 is 0 Å². The summed E-state index contributed by atoms with van der Waals surface area (Å²) in [5, 5.41) is 0.652. The maximum absolute atomic E-state index is 11.9. The molecule has 0 aliphatic carbocycles. The summed E-state index contributed by atoms with van der Waals surface area (Å²) in [5.41, 5.74) is -0.127. The molecule has 0 fully saturated rings. The fourth-order valence-corrected chi connectivity index (χ4v) is 2.37. The third-order valence-electron chi connectivity index (χ3n) is 3.38. The van der Waals surface area contributed by atoms with Gasteiger partial charge in [-0.05, 0) is 39.0 Å². The smallest absolute Gasteiger partial charge is 0.336 e. The van der Waals surface area contributed by atoms with E-state index in [0.717, 1.165) is 5.56 Å². The summed E-state index contributed by atoms with van der Waals surface area (Å²) in [6, 6.07) is 4.78. The predicted octanol–water partition coefficient (Wildman–Crippen LogP) is 3.46. The molecule has 0 saturated heterocycles. The van der Waals surface area contributed by atoms with Crippen LogP contribution in [0.25, 0.3) is 17.0 Å². The van der Waals surface area contributed by atoms with Crippen molar-refractivity contribution in [1.82, 2.24) is 0 Å². The van der Waals surface area contributed by atoms with Gasteiger partial charge in [0, 0.05) is 23.1 Å². The SMILES string of the molecule is CC=CC(=O)Oc1c2c(cc3ccc(=O)oc13)C=CC(C)(C)O2. The number of esters is 1. The molecule has 1 aliphatic rings. The molecule has 1 aromatic heterocycles. The highest BCUT2D eigenvalue weighted by atomic mass is 16.6. The van der Waals surface area contributed by atoms with Crippen LogP contribution < -0.4 is 15.1 Å². The average molecular weight is 312 g/mol. The number of hydrogen-bond donors (Lipinski definition) is 0. The number of allylic oxidation sites excluding steroid dienone is 1. The highest BCUT2D eigenvalue weighted by Gasteiger charge is 2.28. The van der Waals surface area contributed by atoms with E-state index in [1.807, 2.05) is 32.1 Å². The van der Waals surface area contributed by atoms with Crippen molar-refractivity contribution in [2.24, 2.45) is 0 Å². The average Bonchev–Trinajstić information content (AvgIpc) is 2.48. The van der Waals surface area contributed by atoms with E-state index in [-0.39, 0.29) is 11.3 Å². The van der Waals surface area contributed by atoms with Crippen LogP contribution in [-0.2, 0) is 4.79 Å². The molecular formula is C18H16O5. The molecule has 0 atom stereocenters. The van der Waals surface area contributed by atoms with Crippen molar-refractivity contribution in [3.63, 3.8) is 0 Å². The van der Waals surface area contributed by atoms with E-state index in [1.165, 1.54) is 12.1 Å². The van der Waals surface area contributed by atoms with E-state index >= 15 is 0 Å². The first-order valence-electron chi connectivity index (χ1n) is 7.23. The van der Waals surface area contributed by atoms with Crippen molar-refractivity contribution in [2.75, 3.05) is 0 Å². The summed E-state index contributed by atoms with van der Waals surface area (Å²) in [5.74, 6) is -0.0578. The summed E-state index contributed by atoms with van der Waals surface area (Å²) < 4.78 is 16.6. The minimum absolute atomic E-state index is 0.121. The Hall–Kier alpha value is -2.82. The second-order valence-electron chi connectivity index (χ2n) is 5.76. The second kappa shape index (κ2) is 5.43. The van der Waals surface area contributed by atoms with Crippen LogP contribution in [0.5, 0.6) is 11.5 Å². The van der Waals surface area contributed by atoms with Gasteiger partial charge in [-0.25, -0.2) is 9.59 Å². The van der Waals surface area contributed by atoms with Gasteiger partial charge in [0.1, 0.15) is 5.60 Å². The van der Waals surface area contributed by atoms with Gasteiger partial charge in [-0.3, -0.25) is 0 Å². The zero-order chi connectivity index (χ0) is 16.6. The summed E-state index contributed by atoms with van der Waals surface area (Å²) in [7, 11) is 0. The number of carbonyl (C=O) groups is 1. The maximum atomic E-state index is 11.9. The largest absolute Gasteiger partial charge is 0.479 e. The third kappa shape index (κ3) is 2.90. The Morgan fingerprint density at radius 2 is 2.09 bits per heavy atom. The molecule has 1 aromatic carbocycles. The number of fused-ring (bicyclic) bond motifs is 2. The zero-order valence-electron chi connectivity index (χ0n) is 13.1. The molecule has 0 spiro atoms. The Kier molecular flexibility index (Phi) is 3.56. The van der Waals surface area contributed by atoms with Gasteiger partial charge in [0.05, 0.1) is 0 Å². The fraction of sp³-hybridized carbons (Fsp3) is 0.222. The van der Waals surface area contributed by atoms with Gasteiger partial charge in [-0.1, -0.05) is 12.2 Å². The van der Waals surface area contributed by atoms with Gasteiger partial charge in [0.2, 0.25) is 5.75 Å². The molecule has 0 unspecified atom stereocenters. The molecule has 1 aliphatic heterocycles. The van der Waals surface area contributed by atoms with Gasteiger partial charge < -0.3 is 13.9 Å². The molecule has 2 heterocycles. The molecule has 0 saturated carbocycles. The van der Waals surface area contributed by atoms with Gasteiger partial charge in [0.25, 0.3) is 0 Å². The minimum atomic E-state index is -0.565. The number of hydrogen-bond acceptors (Lipinski definition) is 5. The summed E-state index contributed by atoms with van der Waals surface area (Å²) in [6.45, 7) is 5.48. The summed E-state index contributed by atoms with van der Waals surface area (Å²) >= 11 is 0. The van der Waals surface area contributed by atoms with E-state index in [0.29, 0.717) is 11.1 Å². The maximum Gasteiger partial charge on any atom is 0.336 e. The zero-order valence-corrected chi connectivity index (χ0v) is 13.1. The van der Waals surface area contributed by atoms with Crippen molar-refractivity contribution in [2.45, 2.75) is 26.4 Å². The Morgan fingerprint density at radius 3 is 2.83 bits per heavy atom. The predicted molar refractivity (Wildman–Crippen MR) is 86.7 cm³/mol. The lowest BCUT2D eigenvalue weighted by molar-refractivity contribution is -0.129. The van der Waals surface area contributed by atoms with Crippen LogP contribution in [-0.4, -0.2) is 11.6 Å². The van der Waals surface area contributed by atoms with E-state index in [1.54, 1.807) is 19.1 Å².